The first kappa shape index (κ1) is 11.2. The van der Waals surface area contributed by atoms with Crippen LogP contribution in [0.25, 0.3) is 21.5 Å². The molecule has 0 aliphatic heterocycles. The normalized spacial score (nSPS) is 11.5. The summed E-state index contributed by atoms with van der Waals surface area (Å²) >= 11 is 7.07. The zero-order chi connectivity index (χ0) is 11.8. The van der Waals surface area contributed by atoms with E-state index in [4.69, 9.17) is 0 Å². The van der Waals surface area contributed by atoms with Gasteiger partial charge in [-0.05, 0) is 45.3 Å². The fourth-order valence-corrected chi connectivity index (χ4v) is 2.66. The Morgan fingerprint density at radius 2 is 1.24 bits per heavy atom. The molecule has 3 aromatic carbocycles. The lowest BCUT2D eigenvalue weighted by molar-refractivity contribution is 1.45. The highest BCUT2D eigenvalue weighted by molar-refractivity contribution is 9.24. The third-order valence-electron chi connectivity index (χ3n) is 2.98. The van der Waals surface area contributed by atoms with Gasteiger partial charge in [0, 0.05) is 0 Å². The van der Waals surface area contributed by atoms with Crippen molar-refractivity contribution >= 4 is 53.4 Å². The number of hydrogen-bond acceptors (Lipinski definition) is 0. The number of hydrogen-bond donors (Lipinski definition) is 0. The maximum atomic E-state index is 3.53. The van der Waals surface area contributed by atoms with Crippen LogP contribution in [0, 0.1) is 0 Å². The molecule has 0 atom stereocenters. The second-order valence-corrected chi connectivity index (χ2v) is 7.17. The Kier molecular flexibility index (Phi) is 2.93. The molecule has 0 heterocycles. The van der Waals surface area contributed by atoms with E-state index in [9.17, 15) is 0 Å². The van der Waals surface area contributed by atoms with E-state index in [1.165, 1.54) is 27.1 Å². The molecule has 0 aliphatic rings. The van der Waals surface area contributed by atoms with Gasteiger partial charge in [-0.1, -0.05) is 68.3 Å². The first-order valence-corrected chi connectivity index (χ1v) is 7.28. The second-order valence-electron chi connectivity index (χ2n) is 4.11. The van der Waals surface area contributed by atoms with E-state index >= 15 is 0 Å². The van der Waals surface area contributed by atoms with E-state index in [1.807, 2.05) is 0 Å². The average molecular weight is 350 g/mol. The van der Waals surface area contributed by atoms with Crippen molar-refractivity contribution in [2.75, 3.05) is 0 Å². The molecule has 17 heavy (non-hydrogen) atoms. The van der Waals surface area contributed by atoms with Crippen LogP contribution >= 0.6 is 31.9 Å². The number of fused-ring (bicyclic) bond motifs is 2. The van der Waals surface area contributed by atoms with Gasteiger partial charge in [-0.15, -0.1) is 0 Å². The molecule has 0 N–H and O–H groups in total. The molecule has 0 fully saturated rings. The second kappa shape index (κ2) is 4.43. The van der Waals surface area contributed by atoms with Crippen molar-refractivity contribution < 1.29 is 0 Å². The fourth-order valence-electron chi connectivity index (χ4n) is 2.09. The van der Waals surface area contributed by atoms with Crippen LogP contribution < -0.4 is 0 Å². The van der Waals surface area contributed by atoms with Crippen molar-refractivity contribution in [3.63, 3.8) is 0 Å². The van der Waals surface area contributed by atoms with Gasteiger partial charge < -0.3 is 0 Å². The van der Waals surface area contributed by atoms with Crippen LogP contribution in [0.1, 0.15) is 9.30 Å². The third kappa shape index (κ3) is 2.12. The maximum absolute atomic E-state index is 3.53. The zero-order valence-corrected chi connectivity index (χ0v) is 12.2. The molecule has 2 heteroatoms. The molecule has 0 amide bonds. The lowest BCUT2D eigenvalue weighted by atomic mass is 10.0. The number of halogens is 2. The predicted octanol–water partition coefficient (Wildman–Crippen LogP) is 5.78. The smallest absolute Gasteiger partial charge is 0.0712 e. The van der Waals surface area contributed by atoms with E-state index in [0.29, 0.717) is 0 Å². The molecular formula is C15H10Br2. The van der Waals surface area contributed by atoms with Gasteiger partial charge in [-0.3, -0.25) is 0 Å². The molecule has 84 valence electrons. The van der Waals surface area contributed by atoms with Gasteiger partial charge in [0.1, 0.15) is 0 Å². The lowest BCUT2D eigenvalue weighted by Crippen LogP contribution is -1.82. The van der Waals surface area contributed by atoms with Crippen molar-refractivity contribution in [1.29, 1.82) is 0 Å². The summed E-state index contributed by atoms with van der Waals surface area (Å²) in [6.45, 7) is 0. The summed E-state index contributed by atoms with van der Waals surface area (Å²) < 4.78 is 0.214. The Morgan fingerprint density at radius 1 is 0.647 bits per heavy atom. The summed E-state index contributed by atoms with van der Waals surface area (Å²) in [5.74, 6) is 0. The SMILES string of the molecule is BrC(Br)c1ccc2cc3ccccc3cc2c1. The first-order chi connectivity index (χ1) is 8.24. The number of rotatable bonds is 1. The minimum atomic E-state index is 0.214. The van der Waals surface area contributed by atoms with Crippen molar-refractivity contribution in [3.8, 4) is 0 Å². The highest BCUT2D eigenvalue weighted by atomic mass is 79.9. The number of benzene rings is 3. The largest absolute Gasteiger partial charge is 0.0946 e. The molecule has 3 aromatic rings. The van der Waals surface area contributed by atoms with E-state index in [0.717, 1.165) is 0 Å². The molecule has 0 aliphatic carbocycles. The maximum Gasteiger partial charge on any atom is 0.0946 e. The summed E-state index contributed by atoms with van der Waals surface area (Å²) in [4.78, 5) is 0. The molecule has 0 spiro atoms. The topological polar surface area (TPSA) is 0 Å². The minimum absolute atomic E-state index is 0.214. The Hall–Kier alpha value is -0.860. The predicted molar refractivity (Wildman–Crippen MR) is 82.0 cm³/mol. The van der Waals surface area contributed by atoms with E-state index in [-0.39, 0.29) is 3.74 Å². The summed E-state index contributed by atoms with van der Waals surface area (Å²) in [6, 6.07) is 19.5. The van der Waals surface area contributed by atoms with Gasteiger partial charge in [0.05, 0.1) is 3.74 Å². The number of alkyl halides is 2. The fraction of sp³-hybridized carbons (Fsp3) is 0.0667. The van der Waals surface area contributed by atoms with Crippen LogP contribution in [0.5, 0.6) is 0 Å². The van der Waals surface area contributed by atoms with Crippen LogP contribution in [0.2, 0.25) is 0 Å². The average Bonchev–Trinajstić information content (AvgIpc) is 2.35. The summed E-state index contributed by atoms with van der Waals surface area (Å²) in [5, 5.41) is 5.15. The zero-order valence-electron chi connectivity index (χ0n) is 9.03. The quantitative estimate of drug-likeness (QED) is 0.385. The molecule has 0 unspecified atom stereocenters. The van der Waals surface area contributed by atoms with Gasteiger partial charge >= 0.3 is 0 Å². The van der Waals surface area contributed by atoms with E-state index in [1.54, 1.807) is 0 Å². The summed E-state index contributed by atoms with van der Waals surface area (Å²) in [7, 11) is 0. The summed E-state index contributed by atoms with van der Waals surface area (Å²) in [5.41, 5.74) is 1.24. The Morgan fingerprint density at radius 3 is 1.88 bits per heavy atom. The standard InChI is InChI=1S/C15H10Br2/c16-15(17)13-6-5-12-7-10-3-1-2-4-11(10)8-14(12)9-13/h1-9,15H. The van der Waals surface area contributed by atoms with Crippen LogP contribution in [0.4, 0.5) is 0 Å². The first-order valence-electron chi connectivity index (χ1n) is 5.45. The van der Waals surface area contributed by atoms with Gasteiger partial charge in [-0.2, -0.15) is 0 Å². The highest BCUT2D eigenvalue weighted by Crippen LogP contribution is 2.32. The Labute approximate surface area is 117 Å². The van der Waals surface area contributed by atoms with Gasteiger partial charge in [-0.25, -0.2) is 0 Å². The lowest BCUT2D eigenvalue weighted by Gasteiger charge is -2.06. The molecule has 0 radical (unpaired) electrons. The highest BCUT2D eigenvalue weighted by Gasteiger charge is 2.04. The van der Waals surface area contributed by atoms with Gasteiger partial charge in [0.2, 0.25) is 0 Å². The van der Waals surface area contributed by atoms with Crippen LogP contribution in [-0.2, 0) is 0 Å². The Balaban J connectivity index is 2.32. The van der Waals surface area contributed by atoms with Crippen LogP contribution in [0.3, 0.4) is 0 Å². The van der Waals surface area contributed by atoms with E-state index < -0.39 is 0 Å². The van der Waals surface area contributed by atoms with Crippen LogP contribution in [0.15, 0.2) is 54.6 Å². The Bertz CT molecular complexity index is 687. The molecule has 0 saturated carbocycles. The van der Waals surface area contributed by atoms with E-state index in [2.05, 4.69) is 86.5 Å². The van der Waals surface area contributed by atoms with Crippen molar-refractivity contribution in [1.82, 2.24) is 0 Å². The van der Waals surface area contributed by atoms with Gasteiger partial charge in [0.15, 0.2) is 0 Å². The van der Waals surface area contributed by atoms with Crippen LogP contribution in [-0.4, -0.2) is 0 Å². The molecule has 3 rings (SSSR count). The van der Waals surface area contributed by atoms with Gasteiger partial charge in [0.25, 0.3) is 0 Å². The molecule has 0 nitrogen and oxygen atoms in total. The van der Waals surface area contributed by atoms with Crippen molar-refractivity contribution in [2.45, 2.75) is 3.74 Å². The van der Waals surface area contributed by atoms with Crippen molar-refractivity contribution in [2.24, 2.45) is 0 Å². The molecular weight excluding hydrogens is 340 g/mol. The third-order valence-corrected chi connectivity index (χ3v) is 4.04. The molecule has 0 bridgehead atoms. The van der Waals surface area contributed by atoms with Crippen molar-refractivity contribution in [3.05, 3.63) is 60.2 Å². The minimum Gasteiger partial charge on any atom is -0.0712 e. The summed E-state index contributed by atoms with van der Waals surface area (Å²) in [6.07, 6.45) is 0. The molecule has 0 saturated heterocycles. The molecule has 0 aromatic heterocycles. The monoisotopic (exact) mass is 348 g/mol.